The summed E-state index contributed by atoms with van der Waals surface area (Å²) in [6, 6.07) is 21.1. The number of aliphatic imine (C=N–C) groups is 1. The number of benzene rings is 3. The van der Waals surface area contributed by atoms with E-state index in [0.29, 0.717) is 34.8 Å². The molecule has 1 N–H and O–H groups in total. The van der Waals surface area contributed by atoms with Crippen molar-refractivity contribution in [3.63, 3.8) is 0 Å². The number of methoxy groups -OCH3 is 2. The van der Waals surface area contributed by atoms with E-state index in [9.17, 15) is 0 Å². The number of nitrogens with zero attached hydrogens (tertiary/aromatic N) is 1. The zero-order valence-electron chi connectivity index (χ0n) is 17.8. The van der Waals surface area contributed by atoms with Crippen LogP contribution < -0.4 is 14.8 Å². The monoisotopic (exact) mass is 470 g/mol. The van der Waals surface area contributed by atoms with Crippen LogP contribution in [0.5, 0.6) is 11.5 Å². The van der Waals surface area contributed by atoms with Crippen molar-refractivity contribution >= 4 is 29.0 Å². The smallest absolute Gasteiger partial charge is 0.134 e. The molecule has 0 radical (unpaired) electrons. The van der Waals surface area contributed by atoms with E-state index in [1.165, 1.54) is 0 Å². The fourth-order valence-electron chi connectivity index (χ4n) is 3.67. The molecule has 0 saturated heterocycles. The van der Waals surface area contributed by atoms with Gasteiger partial charge in [0.05, 0.1) is 25.3 Å². The molecule has 1 heterocycles. The van der Waals surface area contributed by atoms with Gasteiger partial charge in [0.1, 0.15) is 30.0 Å². The number of nitrogens with one attached hydrogen (secondary N) is 1. The Kier molecular flexibility index (Phi) is 7.20. The number of hydrogen-bond donors (Lipinski definition) is 1. The van der Waals surface area contributed by atoms with Crippen LogP contribution in [0.1, 0.15) is 28.8 Å². The van der Waals surface area contributed by atoms with Crippen molar-refractivity contribution < 1.29 is 14.2 Å². The molecule has 32 heavy (non-hydrogen) atoms. The molecule has 0 aliphatic carbocycles. The minimum absolute atomic E-state index is 0.0719. The first kappa shape index (κ1) is 22.5. The lowest BCUT2D eigenvalue weighted by Crippen LogP contribution is -2.25. The first-order valence-corrected chi connectivity index (χ1v) is 11.0. The zero-order chi connectivity index (χ0) is 22.5. The van der Waals surface area contributed by atoms with Crippen LogP contribution in [0.2, 0.25) is 10.0 Å². The van der Waals surface area contributed by atoms with Crippen LogP contribution in [0, 0.1) is 0 Å². The molecule has 2 atom stereocenters. The van der Waals surface area contributed by atoms with Gasteiger partial charge >= 0.3 is 0 Å². The lowest BCUT2D eigenvalue weighted by molar-refractivity contribution is 0.146. The molecular formula is C25H24Cl2N2O3. The summed E-state index contributed by atoms with van der Waals surface area (Å²) in [7, 11) is 3.28. The second kappa shape index (κ2) is 10.3. The highest BCUT2D eigenvalue weighted by molar-refractivity contribution is 6.30. The van der Waals surface area contributed by atoms with Crippen molar-refractivity contribution in [3.8, 4) is 11.5 Å². The highest BCUT2D eigenvalue weighted by atomic mass is 35.5. The Morgan fingerprint density at radius 1 is 0.844 bits per heavy atom. The van der Waals surface area contributed by atoms with Crippen molar-refractivity contribution in [2.24, 2.45) is 4.99 Å². The third-order valence-electron chi connectivity index (χ3n) is 5.31. The topological polar surface area (TPSA) is 52.1 Å². The Balaban J connectivity index is 1.73. The molecule has 7 heteroatoms. The maximum absolute atomic E-state index is 6.12. The summed E-state index contributed by atoms with van der Waals surface area (Å²) in [4.78, 5) is 5.06. The Morgan fingerprint density at radius 2 is 1.50 bits per heavy atom. The summed E-state index contributed by atoms with van der Waals surface area (Å²) in [5.41, 5.74) is 3.01. The molecule has 0 amide bonds. The Bertz CT molecular complexity index is 1090. The molecule has 0 fully saturated rings. The van der Waals surface area contributed by atoms with Gasteiger partial charge in [0, 0.05) is 23.2 Å². The van der Waals surface area contributed by atoms with Crippen molar-refractivity contribution in [1.82, 2.24) is 5.32 Å². The van der Waals surface area contributed by atoms with Crippen LogP contribution in [0.3, 0.4) is 0 Å². The lowest BCUT2D eigenvalue weighted by Gasteiger charge is -2.20. The molecule has 0 bridgehead atoms. The van der Waals surface area contributed by atoms with Crippen molar-refractivity contribution in [1.29, 1.82) is 0 Å². The highest BCUT2D eigenvalue weighted by Crippen LogP contribution is 2.39. The summed E-state index contributed by atoms with van der Waals surface area (Å²) < 4.78 is 16.5. The molecule has 5 nitrogen and oxygen atoms in total. The Labute approximate surface area is 197 Å². The van der Waals surface area contributed by atoms with E-state index in [2.05, 4.69) is 5.32 Å². The second-order valence-electron chi connectivity index (χ2n) is 7.35. The average Bonchev–Trinajstić information content (AvgIpc) is 3.25. The molecule has 3 aromatic rings. The highest BCUT2D eigenvalue weighted by Gasteiger charge is 2.33. The predicted octanol–water partition coefficient (Wildman–Crippen LogP) is 5.86. The van der Waals surface area contributed by atoms with Gasteiger partial charge in [-0.25, -0.2) is 0 Å². The van der Waals surface area contributed by atoms with Crippen LogP contribution >= 0.6 is 23.2 Å². The fraction of sp³-hybridized carbons (Fsp3) is 0.240. The fourth-order valence-corrected chi connectivity index (χ4v) is 3.92. The average molecular weight is 471 g/mol. The molecular weight excluding hydrogens is 447 g/mol. The van der Waals surface area contributed by atoms with Crippen LogP contribution in [0.4, 0.5) is 0 Å². The van der Waals surface area contributed by atoms with Crippen LogP contribution in [0.15, 0.2) is 71.7 Å². The van der Waals surface area contributed by atoms with Gasteiger partial charge in [0.25, 0.3) is 0 Å². The van der Waals surface area contributed by atoms with Crippen LogP contribution in [-0.4, -0.2) is 33.3 Å². The third kappa shape index (κ3) is 5.01. The maximum Gasteiger partial charge on any atom is 0.134 e. The lowest BCUT2D eigenvalue weighted by atomic mass is 9.95. The van der Waals surface area contributed by atoms with E-state index in [1.54, 1.807) is 14.2 Å². The third-order valence-corrected chi connectivity index (χ3v) is 5.81. The maximum atomic E-state index is 6.12. The number of ether oxygens (including phenoxy) is 3. The minimum Gasteiger partial charge on any atom is -0.497 e. The summed E-state index contributed by atoms with van der Waals surface area (Å²) in [6.45, 7) is 0.905. The number of hydrogen-bond acceptors (Lipinski definition) is 5. The molecule has 0 spiro atoms. The largest absolute Gasteiger partial charge is 0.497 e. The molecule has 0 aromatic heterocycles. The molecule has 2 unspecified atom stereocenters. The minimum atomic E-state index is -0.141. The number of rotatable bonds is 8. The molecule has 166 valence electrons. The normalized spacial score (nSPS) is 17.6. The number of amidine groups is 1. The van der Waals surface area contributed by atoms with Gasteiger partial charge in [-0.05, 0) is 47.5 Å². The van der Waals surface area contributed by atoms with Gasteiger partial charge in [0.2, 0.25) is 0 Å². The Morgan fingerprint density at radius 3 is 2.12 bits per heavy atom. The van der Waals surface area contributed by atoms with E-state index < -0.39 is 0 Å². The van der Waals surface area contributed by atoms with Gasteiger partial charge in [-0.15, -0.1) is 0 Å². The molecule has 0 saturated carbocycles. The summed E-state index contributed by atoms with van der Waals surface area (Å²) >= 11 is 12.2. The Hall–Kier alpha value is -2.73. The second-order valence-corrected chi connectivity index (χ2v) is 8.22. The van der Waals surface area contributed by atoms with Crippen molar-refractivity contribution in [2.45, 2.75) is 12.1 Å². The van der Waals surface area contributed by atoms with Crippen LogP contribution in [-0.2, 0) is 4.74 Å². The van der Waals surface area contributed by atoms with Crippen molar-refractivity contribution in [3.05, 3.63) is 93.5 Å². The molecule has 4 rings (SSSR count). The van der Waals surface area contributed by atoms with Gasteiger partial charge in [-0.2, -0.15) is 0 Å². The predicted molar refractivity (Wildman–Crippen MR) is 128 cm³/mol. The SMILES string of the molecule is COCCOc1cc(OC)ccc1C1=NC(c2ccc(Cl)cc2)C(c2ccc(Cl)cc2)N1. The first-order chi connectivity index (χ1) is 15.6. The summed E-state index contributed by atoms with van der Waals surface area (Å²) in [5.74, 6) is 2.14. The van der Waals surface area contributed by atoms with E-state index in [1.807, 2.05) is 66.7 Å². The van der Waals surface area contributed by atoms with Gasteiger partial charge in [-0.3, -0.25) is 4.99 Å². The summed E-state index contributed by atoms with van der Waals surface area (Å²) in [6.07, 6.45) is 0. The quantitative estimate of drug-likeness (QED) is 0.418. The number of halogens is 2. The van der Waals surface area contributed by atoms with E-state index in [4.69, 9.17) is 42.4 Å². The molecule has 1 aliphatic rings. The zero-order valence-corrected chi connectivity index (χ0v) is 19.4. The van der Waals surface area contributed by atoms with Gasteiger partial charge in [-0.1, -0.05) is 47.5 Å². The van der Waals surface area contributed by atoms with Gasteiger partial charge in [0.15, 0.2) is 0 Å². The molecule has 1 aliphatic heterocycles. The van der Waals surface area contributed by atoms with Crippen LogP contribution in [0.25, 0.3) is 0 Å². The van der Waals surface area contributed by atoms with E-state index >= 15 is 0 Å². The molecule has 3 aromatic carbocycles. The summed E-state index contributed by atoms with van der Waals surface area (Å²) in [5, 5.41) is 4.98. The first-order valence-electron chi connectivity index (χ1n) is 10.2. The van der Waals surface area contributed by atoms with E-state index in [-0.39, 0.29) is 12.1 Å². The van der Waals surface area contributed by atoms with Gasteiger partial charge < -0.3 is 19.5 Å². The van der Waals surface area contributed by atoms with Crippen molar-refractivity contribution in [2.75, 3.05) is 27.4 Å². The standard InChI is InChI=1S/C25H24Cl2N2O3/c1-30-13-14-32-22-15-20(31-2)11-12-21(22)25-28-23(16-3-7-18(26)8-4-16)24(29-25)17-5-9-19(27)10-6-17/h3-12,15,23-24H,13-14H2,1-2H3,(H,28,29). The van der Waals surface area contributed by atoms with E-state index in [0.717, 1.165) is 22.5 Å².